The molecule has 1 N–H and O–H groups in total. The van der Waals surface area contributed by atoms with E-state index in [0.29, 0.717) is 0 Å². The zero-order chi connectivity index (χ0) is 14.4. The van der Waals surface area contributed by atoms with Crippen molar-refractivity contribution < 1.29 is 8.42 Å². The third-order valence-electron chi connectivity index (χ3n) is 2.71. The first-order valence-corrected chi connectivity index (χ1v) is 7.47. The van der Waals surface area contributed by atoms with E-state index in [9.17, 15) is 8.42 Å². The fourth-order valence-corrected chi connectivity index (χ4v) is 2.93. The number of hydrogen-bond acceptors (Lipinski definition) is 4. The van der Waals surface area contributed by atoms with Gasteiger partial charge in [0, 0.05) is 6.20 Å². The Kier molecular flexibility index (Phi) is 4.45. The summed E-state index contributed by atoms with van der Waals surface area (Å²) in [5.41, 5.74) is 0.744. The highest BCUT2D eigenvalue weighted by Crippen LogP contribution is 2.18. The van der Waals surface area contributed by atoms with Gasteiger partial charge >= 0.3 is 0 Å². The van der Waals surface area contributed by atoms with E-state index in [2.05, 4.69) is 9.71 Å². The molecule has 0 saturated carbocycles. The molecule has 0 radical (unpaired) electrons. The third kappa shape index (κ3) is 3.41. The van der Waals surface area contributed by atoms with E-state index in [0.717, 1.165) is 5.56 Å². The predicted octanol–water partition coefficient (Wildman–Crippen LogP) is 2.01. The molecule has 0 fully saturated rings. The molecule has 0 aliphatic rings. The van der Waals surface area contributed by atoms with E-state index in [1.807, 2.05) is 12.1 Å². The molecule has 1 aromatic carbocycles. The molecular weight excluding hydrogens is 274 g/mol. The first-order valence-electron chi connectivity index (χ1n) is 5.99. The molecule has 0 aliphatic carbocycles. The maximum atomic E-state index is 12.2. The Morgan fingerprint density at radius 1 is 1.15 bits per heavy atom. The largest absolute Gasteiger partial charge is 0.258 e. The van der Waals surface area contributed by atoms with Crippen molar-refractivity contribution in [1.82, 2.24) is 9.71 Å². The summed E-state index contributed by atoms with van der Waals surface area (Å²) < 4.78 is 26.9. The van der Waals surface area contributed by atoms with Crippen molar-refractivity contribution in [3.8, 4) is 6.07 Å². The van der Waals surface area contributed by atoms with Gasteiger partial charge in [0.05, 0.1) is 18.5 Å². The number of sulfonamides is 1. The van der Waals surface area contributed by atoms with E-state index in [1.165, 1.54) is 12.3 Å². The van der Waals surface area contributed by atoms with Crippen LogP contribution in [0.4, 0.5) is 0 Å². The van der Waals surface area contributed by atoms with Crippen LogP contribution in [-0.2, 0) is 10.0 Å². The van der Waals surface area contributed by atoms with Gasteiger partial charge < -0.3 is 0 Å². The Morgan fingerprint density at radius 3 is 2.45 bits per heavy atom. The SMILES string of the molecule is N#CCC(NS(=O)(=O)c1ccccn1)c1ccccc1. The monoisotopic (exact) mass is 287 g/mol. The average molecular weight is 287 g/mol. The van der Waals surface area contributed by atoms with E-state index in [-0.39, 0.29) is 11.4 Å². The molecule has 1 unspecified atom stereocenters. The lowest BCUT2D eigenvalue weighted by Crippen LogP contribution is -2.29. The highest BCUT2D eigenvalue weighted by atomic mass is 32.2. The zero-order valence-electron chi connectivity index (χ0n) is 10.6. The lowest BCUT2D eigenvalue weighted by molar-refractivity contribution is 0.555. The second kappa shape index (κ2) is 6.28. The van der Waals surface area contributed by atoms with Crippen molar-refractivity contribution in [2.75, 3.05) is 0 Å². The molecule has 0 bridgehead atoms. The summed E-state index contributed by atoms with van der Waals surface area (Å²) in [4.78, 5) is 3.82. The number of nitrogens with one attached hydrogen (secondary N) is 1. The van der Waals surface area contributed by atoms with Gasteiger partial charge in [0.15, 0.2) is 5.03 Å². The van der Waals surface area contributed by atoms with E-state index >= 15 is 0 Å². The second-order valence-electron chi connectivity index (χ2n) is 4.11. The molecule has 6 heteroatoms. The van der Waals surface area contributed by atoms with Gasteiger partial charge in [-0.3, -0.25) is 0 Å². The van der Waals surface area contributed by atoms with Crippen molar-refractivity contribution in [2.45, 2.75) is 17.5 Å². The summed E-state index contributed by atoms with van der Waals surface area (Å²) in [6.45, 7) is 0. The Balaban J connectivity index is 2.28. The Bertz CT molecular complexity index is 694. The summed E-state index contributed by atoms with van der Waals surface area (Å²) in [6, 6.07) is 15.1. The van der Waals surface area contributed by atoms with Crippen LogP contribution in [0, 0.1) is 11.3 Å². The van der Waals surface area contributed by atoms with Crippen molar-refractivity contribution in [3.63, 3.8) is 0 Å². The first kappa shape index (κ1) is 14.2. The standard InChI is InChI=1S/C14H13N3O2S/c15-10-9-13(12-6-2-1-3-7-12)17-20(18,19)14-8-4-5-11-16-14/h1-8,11,13,17H,9H2. The number of nitriles is 1. The summed E-state index contributed by atoms with van der Waals surface area (Å²) in [5, 5.41) is 8.81. The van der Waals surface area contributed by atoms with Crippen molar-refractivity contribution in [2.24, 2.45) is 0 Å². The number of aromatic nitrogens is 1. The van der Waals surface area contributed by atoms with Crippen molar-refractivity contribution >= 4 is 10.0 Å². The molecule has 1 atom stereocenters. The van der Waals surface area contributed by atoms with Crippen molar-refractivity contribution in [1.29, 1.82) is 5.26 Å². The minimum absolute atomic E-state index is 0.0517. The summed E-state index contributed by atoms with van der Waals surface area (Å²) >= 11 is 0. The number of nitrogens with zero attached hydrogens (tertiary/aromatic N) is 2. The third-order valence-corrected chi connectivity index (χ3v) is 4.09. The van der Waals surface area contributed by atoms with Crippen molar-refractivity contribution in [3.05, 3.63) is 60.3 Å². The van der Waals surface area contributed by atoms with E-state index in [4.69, 9.17) is 5.26 Å². The minimum Gasteiger partial charge on any atom is -0.243 e. The lowest BCUT2D eigenvalue weighted by atomic mass is 10.1. The molecule has 2 aromatic rings. The summed E-state index contributed by atoms with van der Waals surface area (Å²) in [7, 11) is -3.74. The normalized spacial score (nSPS) is 12.6. The fourth-order valence-electron chi connectivity index (χ4n) is 1.76. The van der Waals surface area contributed by atoms with Gasteiger partial charge in [0.2, 0.25) is 0 Å². The molecule has 5 nitrogen and oxygen atoms in total. The number of pyridine rings is 1. The highest BCUT2D eigenvalue weighted by Gasteiger charge is 2.21. The lowest BCUT2D eigenvalue weighted by Gasteiger charge is -2.16. The molecule has 0 saturated heterocycles. The van der Waals surface area contributed by atoms with E-state index < -0.39 is 16.1 Å². The smallest absolute Gasteiger partial charge is 0.243 e. The molecule has 102 valence electrons. The van der Waals surface area contributed by atoms with Gasteiger partial charge in [-0.2, -0.15) is 5.26 Å². The van der Waals surface area contributed by atoms with Crippen LogP contribution in [0.3, 0.4) is 0 Å². The van der Waals surface area contributed by atoms with Crippen LogP contribution in [0.15, 0.2) is 59.8 Å². The minimum atomic E-state index is -3.74. The van der Waals surface area contributed by atoms with E-state index in [1.54, 1.807) is 36.4 Å². The number of hydrogen-bond donors (Lipinski definition) is 1. The Morgan fingerprint density at radius 2 is 1.85 bits per heavy atom. The van der Waals surface area contributed by atoms with Crippen LogP contribution in [0.5, 0.6) is 0 Å². The molecule has 1 heterocycles. The van der Waals surface area contributed by atoms with Gasteiger partial charge in [-0.1, -0.05) is 36.4 Å². The quantitative estimate of drug-likeness (QED) is 0.912. The fraction of sp³-hybridized carbons (Fsp3) is 0.143. The molecule has 20 heavy (non-hydrogen) atoms. The molecule has 0 amide bonds. The number of rotatable bonds is 5. The zero-order valence-corrected chi connectivity index (χ0v) is 11.4. The van der Waals surface area contributed by atoms with Crippen LogP contribution < -0.4 is 4.72 Å². The van der Waals surface area contributed by atoms with Gasteiger partial charge in [0.25, 0.3) is 10.0 Å². The maximum absolute atomic E-state index is 12.2. The molecule has 0 spiro atoms. The Labute approximate surface area is 118 Å². The van der Waals surface area contributed by atoms with Crippen LogP contribution >= 0.6 is 0 Å². The van der Waals surface area contributed by atoms with Crippen LogP contribution in [0.2, 0.25) is 0 Å². The molecular formula is C14H13N3O2S. The first-order chi connectivity index (χ1) is 9.63. The molecule has 2 rings (SSSR count). The topological polar surface area (TPSA) is 82.9 Å². The molecule has 1 aromatic heterocycles. The maximum Gasteiger partial charge on any atom is 0.258 e. The van der Waals surface area contributed by atoms with Gasteiger partial charge in [0.1, 0.15) is 0 Å². The van der Waals surface area contributed by atoms with Crippen LogP contribution in [-0.4, -0.2) is 13.4 Å². The Hall–Kier alpha value is -2.23. The number of benzene rings is 1. The van der Waals surface area contributed by atoms with Gasteiger partial charge in [-0.05, 0) is 17.7 Å². The average Bonchev–Trinajstić information content (AvgIpc) is 2.48. The summed E-state index contributed by atoms with van der Waals surface area (Å²) in [6.07, 6.45) is 1.46. The second-order valence-corrected chi connectivity index (χ2v) is 5.78. The predicted molar refractivity (Wildman–Crippen MR) is 74.0 cm³/mol. The molecule has 0 aliphatic heterocycles. The van der Waals surface area contributed by atoms with Gasteiger partial charge in [-0.25, -0.2) is 18.1 Å². The van der Waals surface area contributed by atoms with Crippen LogP contribution in [0.25, 0.3) is 0 Å². The summed E-state index contributed by atoms with van der Waals surface area (Å²) in [5.74, 6) is 0. The van der Waals surface area contributed by atoms with Gasteiger partial charge in [-0.15, -0.1) is 0 Å². The highest BCUT2D eigenvalue weighted by molar-refractivity contribution is 7.89. The van der Waals surface area contributed by atoms with Crippen LogP contribution in [0.1, 0.15) is 18.0 Å².